The van der Waals surface area contributed by atoms with E-state index >= 15 is 0 Å². The zero-order valence-electron chi connectivity index (χ0n) is 19.3. The predicted octanol–water partition coefficient (Wildman–Crippen LogP) is 8.57. The van der Waals surface area contributed by atoms with E-state index in [0.717, 1.165) is 22.6 Å². The molecule has 4 aromatic carbocycles. The van der Waals surface area contributed by atoms with Crippen LogP contribution in [0.5, 0.6) is 23.0 Å². The summed E-state index contributed by atoms with van der Waals surface area (Å²) in [7, 11) is 0. The highest BCUT2D eigenvalue weighted by Gasteiger charge is 2.10. The van der Waals surface area contributed by atoms with E-state index < -0.39 is 0 Å². The molecule has 0 saturated heterocycles. The molecule has 0 spiro atoms. The predicted molar refractivity (Wildman–Crippen MR) is 139 cm³/mol. The first kappa shape index (κ1) is 22.8. The zero-order chi connectivity index (χ0) is 23.8. The SMILES string of the molecule is C/C=C/c1ccc(Oc2ccc(C(=O)c3ccc(Oc4ccc(/C=C/C)cc4)cc3)cc2)cc1. The fourth-order valence-electron chi connectivity index (χ4n) is 3.47. The Labute approximate surface area is 200 Å². The van der Waals surface area contributed by atoms with E-state index in [2.05, 4.69) is 0 Å². The van der Waals surface area contributed by atoms with Gasteiger partial charge in [0.25, 0.3) is 0 Å². The Hall–Kier alpha value is -4.37. The van der Waals surface area contributed by atoms with E-state index in [1.54, 1.807) is 24.3 Å². The van der Waals surface area contributed by atoms with Crippen molar-refractivity contribution in [1.29, 1.82) is 0 Å². The van der Waals surface area contributed by atoms with Gasteiger partial charge in [0.15, 0.2) is 5.78 Å². The molecule has 0 N–H and O–H groups in total. The highest BCUT2D eigenvalue weighted by atomic mass is 16.5. The molecule has 3 heteroatoms. The molecule has 0 saturated carbocycles. The van der Waals surface area contributed by atoms with Crippen LogP contribution in [0, 0.1) is 0 Å². The molecule has 0 aliphatic carbocycles. The van der Waals surface area contributed by atoms with Gasteiger partial charge in [-0.1, -0.05) is 48.6 Å². The molecular weight excluding hydrogens is 420 g/mol. The van der Waals surface area contributed by atoms with E-state index in [4.69, 9.17) is 9.47 Å². The van der Waals surface area contributed by atoms with Crippen molar-refractivity contribution < 1.29 is 14.3 Å². The fraction of sp³-hybridized carbons (Fsp3) is 0.0645. The number of carbonyl (C=O) groups excluding carboxylic acids is 1. The third-order valence-electron chi connectivity index (χ3n) is 5.18. The quantitative estimate of drug-likeness (QED) is 0.254. The van der Waals surface area contributed by atoms with Crippen molar-refractivity contribution in [3.05, 3.63) is 131 Å². The maximum absolute atomic E-state index is 12.9. The van der Waals surface area contributed by atoms with Crippen molar-refractivity contribution >= 4 is 17.9 Å². The molecule has 168 valence electrons. The molecule has 4 aromatic rings. The minimum Gasteiger partial charge on any atom is -0.457 e. The Balaban J connectivity index is 1.38. The molecule has 34 heavy (non-hydrogen) atoms. The largest absolute Gasteiger partial charge is 0.457 e. The number of hydrogen-bond acceptors (Lipinski definition) is 3. The van der Waals surface area contributed by atoms with Crippen LogP contribution in [0.1, 0.15) is 40.9 Å². The van der Waals surface area contributed by atoms with Gasteiger partial charge in [0.2, 0.25) is 0 Å². The number of hydrogen-bond donors (Lipinski definition) is 0. The fourth-order valence-corrected chi connectivity index (χ4v) is 3.47. The Morgan fingerprint density at radius 1 is 0.500 bits per heavy atom. The summed E-state index contributed by atoms with van der Waals surface area (Å²) in [5.74, 6) is 2.81. The summed E-state index contributed by atoms with van der Waals surface area (Å²) in [6, 6.07) is 30.0. The normalized spacial score (nSPS) is 11.1. The number of benzene rings is 4. The Bertz CT molecular complexity index is 1180. The lowest BCUT2D eigenvalue weighted by Gasteiger charge is -2.08. The summed E-state index contributed by atoms with van der Waals surface area (Å²) in [5, 5.41) is 0. The third-order valence-corrected chi connectivity index (χ3v) is 5.18. The molecular formula is C31H26O3. The molecule has 0 amide bonds. The Kier molecular flexibility index (Phi) is 7.36. The minimum atomic E-state index is -0.0514. The van der Waals surface area contributed by atoms with Gasteiger partial charge in [0.05, 0.1) is 0 Å². The van der Waals surface area contributed by atoms with Crippen molar-refractivity contribution in [3.63, 3.8) is 0 Å². The first-order chi connectivity index (χ1) is 16.6. The lowest BCUT2D eigenvalue weighted by atomic mass is 10.0. The second-order valence-electron chi connectivity index (χ2n) is 7.72. The summed E-state index contributed by atoms with van der Waals surface area (Å²) in [6.07, 6.45) is 8.06. The molecule has 0 fully saturated rings. The van der Waals surface area contributed by atoms with Crippen molar-refractivity contribution in [2.24, 2.45) is 0 Å². The molecule has 3 nitrogen and oxygen atoms in total. The van der Waals surface area contributed by atoms with Crippen molar-refractivity contribution in [2.45, 2.75) is 13.8 Å². The Morgan fingerprint density at radius 3 is 1.09 bits per heavy atom. The summed E-state index contributed by atoms with van der Waals surface area (Å²) >= 11 is 0. The van der Waals surface area contributed by atoms with Crippen LogP contribution in [0.4, 0.5) is 0 Å². The molecule has 4 rings (SSSR count). The van der Waals surface area contributed by atoms with Gasteiger partial charge < -0.3 is 9.47 Å². The molecule has 0 radical (unpaired) electrons. The standard InChI is InChI=1S/C31H26O3/c1-3-5-23-7-15-27(16-8-23)33-29-19-11-25(12-20-29)31(32)26-13-21-30(22-14-26)34-28-17-9-24(6-4-2)10-18-28/h3-22H,1-2H3/b5-3+,6-4+. The van der Waals surface area contributed by atoms with Crippen LogP contribution in [0.15, 0.2) is 109 Å². The highest BCUT2D eigenvalue weighted by Crippen LogP contribution is 2.25. The van der Waals surface area contributed by atoms with Crippen LogP contribution in [0.25, 0.3) is 12.2 Å². The van der Waals surface area contributed by atoms with Crippen molar-refractivity contribution in [3.8, 4) is 23.0 Å². The maximum Gasteiger partial charge on any atom is 0.193 e. The van der Waals surface area contributed by atoms with Gasteiger partial charge in [-0.3, -0.25) is 4.79 Å². The number of carbonyl (C=O) groups is 1. The van der Waals surface area contributed by atoms with E-state index in [1.807, 2.05) is 111 Å². The van der Waals surface area contributed by atoms with E-state index in [9.17, 15) is 4.79 Å². The van der Waals surface area contributed by atoms with Gasteiger partial charge in [-0.2, -0.15) is 0 Å². The van der Waals surface area contributed by atoms with Gasteiger partial charge >= 0.3 is 0 Å². The first-order valence-electron chi connectivity index (χ1n) is 11.2. The molecule has 0 unspecified atom stereocenters. The summed E-state index contributed by atoms with van der Waals surface area (Å²) in [5.41, 5.74) is 3.44. The van der Waals surface area contributed by atoms with Gasteiger partial charge in [0, 0.05) is 11.1 Å². The summed E-state index contributed by atoms with van der Waals surface area (Å²) < 4.78 is 11.8. The smallest absolute Gasteiger partial charge is 0.193 e. The van der Waals surface area contributed by atoms with Crippen LogP contribution in [0.2, 0.25) is 0 Å². The first-order valence-corrected chi connectivity index (χ1v) is 11.2. The van der Waals surface area contributed by atoms with Gasteiger partial charge in [0.1, 0.15) is 23.0 Å². The van der Waals surface area contributed by atoms with Crippen LogP contribution < -0.4 is 9.47 Å². The number of allylic oxidation sites excluding steroid dienone is 2. The second kappa shape index (κ2) is 11.0. The van der Waals surface area contributed by atoms with Gasteiger partial charge in [-0.15, -0.1) is 0 Å². The number of ketones is 1. The molecule has 0 atom stereocenters. The zero-order valence-corrected chi connectivity index (χ0v) is 19.3. The Morgan fingerprint density at radius 2 is 0.794 bits per heavy atom. The van der Waals surface area contributed by atoms with Gasteiger partial charge in [-0.25, -0.2) is 0 Å². The van der Waals surface area contributed by atoms with Crippen LogP contribution in [-0.4, -0.2) is 5.78 Å². The van der Waals surface area contributed by atoms with Crippen molar-refractivity contribution in [1.82, 2.24) is 0 Å². The van der Waals surface area contributed by atoms with E-state index in [-0.39, 0.29) is 5.78 Å². The lowest BCUT2D eigenvalue weighted by Crippen LogP contribution is -2.01. The van der Waals surface area contributed by atoms with E-state index in [1.165, 1.54) is 0 Å². The molecule has 0 aromatic heterocycles. The van der Waals surface area contributed by atoms with Gasteiger partial charge in [-0.05, 0) is 97.8 Å². The van der Waals surface area contributed by atoms with Crippen molar-refractivity contribution in [2.75, 3.05) is 0 Å². The summed E-state index contributed by atoms with van der Waals surface area (Å²) in [4.78, 5) is 12.9. The van der Waals surface area contributed by atoms with Crippen LogP contribution in [0.3, 0.4) is 0 Å². The third kappa shape index (κ3) is 5.90. The molecule has 0 bridgehead atoms. The van der Waals surface area contributed by atoms with Crippen LogP contribution >= 0.6 is 0 Å². The molecule has 0 heterocycles. The summed E-state index contributed by atoms with van der Waals surface area (Å²) in [6.45, 7) is 3.97. The lowest BCUT2D eigenvalue weighted by molar-refractivity contribution is 0.103. The molecule has 0 aliphatic heterocycles. The number of ether oxygens (including phenoxy) is 2. The number of rotatable bonds is 8. The monoisotopic (exact) mass is 446 g/mol. The topological polar surface area (TPSA) is 35.5 Å². The molecule has 0 aliphatic rings. The average Bonchev–Trinajstić information content (AvgIpc) is 2.87. The average molecular weight is 447 g/mol. The maximum atomic E-state index is 12.9. The van der Waals surface area contributed by atoms with E-state index in [0.29, 0.717) is 22.6 Å². The van der Waals surface area contributed by atoms with Crippen LogP contribution in [-0.2, 0) is 0 Å². The highest BCUT2D eigenvalue weighted by molar-refractivity contribution is 6.09. The minimum absolute atomic E-state index is 0.0514. The second-order valence-corrected chi connectivity index (χ2v) is 7.72.